The zero-order valence-corrected chi connectivity index (χ0v) is 16.4. The highest BCUT2D eigenvalue weighted by molar-refractivity contribution is 7.09. The number of rotatable bonds is 8. The Morgan fingerprint density at radius 1 is 1.42 bits per heavy atom. The molecule has 4 nitrogen and oxygen atoms in total. The first-order chi connectivity index (χ1) is 11.7. The van der Waals surface area contributed by atoms with Crippen molar-refractivity contribution in [3.05, 3.63) is 22.4 Å². The van der Waals surface area contributed by atoms with Crippen LogP contribution in [0.4, 0.5) is 0 Å². The van der Waals surface area contributed by atoms with Gasteiger partial charge in [-0.05, 0) is 63.6 Å². The van der Waals surface area contributed by atoms with Gasteiger partial charge in [0.1, 0.15) is 0 Å². The van der Waals surface area contributed by atoms with Crippen molar-refractivity contribution in [1.82, 2.24) is 15.1 Å². The number of thiophene rings is 1. The number of guanidine groups is 1. The summed E-state index contributed by atoms with van der Waals surface area (Å²) >= 11 is 1.83. The van der Waals surface area contributed by atoms with E-state index in [2.05, 4.69) is 51.6 Å². The molecule has 1 saturated heterocycles. The third kappa shape index (κ3) is 6.44. The lowest BCUT2D eigenvalue weighted by Crippen LogP contribution is -2.41. The summed E-state index contributed by atoms with van der Waals surface area (Å²) in [6, 6.07) is 5.11. The Labute approximate surface area is 152 Å². The molecule has 1 aromatic heterocycles. The van der Waals surface area contributed by atoms with Crippen molar-refractivity contribution in [2.45, 2.75) is 51.5 Å². The summed E-state index contributed by atoms with van der Waals surface area (Å²) in [7, 11) is 4.00. The van der Waals surface area contributed by atoms with Crippen molar-refractivity contribution >= 4 is 17.3 Å². The number of likely N-dealkylation sites (N-methyl/N-ethyl adjacent to an activating group) is 1. The highest BCUT2D eigenvalue weighted by Crippen LogP contribution is 2.16. The van der Waals surface area contributed by atoms with Crippen molar-refractivity contribution in [2.24, 2.45) is 4.99 Å². The second-order valence-corrected chi connectivity index (χ2v) is 7.85. The average Bonchev–Trinajstić information content (AvgIpc) is 3.11. The van der Waals surface area contributed by atoms with Gasteiger partial charge in [0.25, 0.3) is 0 Å². The Bertz CT molecular complexity index is 472. The third-order valence-electron chi connectivity index (χ3n) is 4.94. The number of unbranched alkanes of at least 4 members (excludes halogenated alkanes) is 1. The van der Waals surface area contributed by atoms with Gasteiger partial charge in [0.15, 0.2) is 5.96 Å². The average molecular weight is 351 g/mol. The Morgan fingerprint density at radius 3 is 3.00 bits per heavy atom. The normalized spacial score (nSPS) is 19.5. The van der Waals surface area contributed by atoms with Gasteiger partial charge in [0, 0.05) is 38.1 Å². The number of aliphatic imine (C=N–C) groups is 1. The second-order valence-electron chi connectivity index (χ2n) is 6.81. The van der Waals surface area contributed by atoms with E-state index in [0.717, 1.165) is 31.5 Å². The van der Waals surface area contributed by atoms with E-state index in [4.69, 9.17) is 0 Å². The molecule has 136 valence electrons. The van der Waals surface area contributed by atoms with Crippen LogP contribution in [-0.2, 0) is 6.42 Å². The number of piperidine rings is 1. The summed E-state index contributed by atoms with van der Waals surface area (Å²) in [4.78, 5) is 10.7. The molecule has 0 saturated carbocycles. The van der Waals surface area contributed by atoms with E-state index in [0.29, 0.717) is 0 Å². The predicted molar refractivity (Wildman–Crippen MR) is 106 cm³/mol. The summed E-state index contributed by atoms with van der Waals surface area (Å²) in [5.74, 6) is 1.01. The minimum Gasteiger partial charge on any atom is -0.356 e. The molecular formula is C19H34N4S. The lowest BCUT2D eigenvalue weighted by molar-refractivity contribution is 0.158. The van der Waals surface area contributed by atoms with Gasteiger partial charge in [0.2, 0.25) is 0 Å². The molecule has 1 N–H and O–H groups in total. The SMILES string of the molecule is CN=C(NCCCCN1CCCCC1C)N(C)CCc1cccs1. The van der Waals surface area contributed by atoms with Crippen LogP contribution in [0.3, 0.4) is 0 Å². The lowest BCUT2D eigenvalue weighted by Gasteiger charge is -2.33. The molecule has 2 heterocycles. The first-order valence-electron chi connectivity index (χ1n) is 9.39. The van der Waals surface area contributed by atoms with Crippen LogP contribution in [-0.4, -0.2) is 62.1 Å². The topological polar surface area (TPSA) is 30.9 Å². The molecule has 0 spiro atoms. The van der Waals surface area contributed by atoms with E-state index in [-0.39, 0.29) is 0 Å². The van der Waals surface area contributed by atoms with Gasteiger partial charge >= 0.3 is 0 Å². The van der Waals surface area contributed by atoms with Crippen LogP contribution in [0.15, 0.2) is 22.5 Å². The maximum Gasteiger partial charge on any atom is 0.193 e. The Hall–Kier alpha value is -1.07. The molecule has 1 aliphatic rings. The van der Waals surface area contributed by atoms with E-state index in [1.54, 1.807) is 0 Å². The van der Waals surface area contributed by atoms with Gasteiger partial charge in [-0.15, -0.1) is 11.3 Å². The molecule has 0 aliphatic carbocycles. The predicted octanol–water partition coefficient (Wildman–Crippen LogP) is 3.45. The van der Waals surface area contributed by atoms with Crippen molar-refractivity contribution < 1.29 is 0 Å². The minimum atomic E-state index is 0.780. The molecule has 1 unspecified atom stereocenters. The summed E-state index contributed by atoms with van der Waals surface area (Å²) in [6.07, 6.45) is 7.73. The second kappa shape index (κ2) is 10.7. The monoisotopic (exact) mass is 350 g/mol. The van der Waals surface area contributed by atoms with Gasteiger partial charge in [-0.2, -0.15) is 0 Å². The Kier molecular flexibility index (Phi) is 8.60. The fourth-order valence-electron chi connectivity index (χ4n) is 3.35. The van der Waals surface area contributed by atoms with Gasteiger partial charge in [-0.3, -0.25) is 4.99 Å². The first kappa shape index (κ1) is 19.3. The molecule has 1 aliphatic heterocycles. The van der Waals surface area contributed by atoms with E-state index in [1.807, 2.05) is 18.4 Å². The van der Waals surface area contributed by atoms with Gasteiger partial charge in [0.05, 0.1) is 0 Å². The zero-order valence-electron chi connectivity index (χ0n) is 15.6. The van der Waals surface area contributed by atoms with Crippen molar-refractivity contribution in [2.75, 3.05) is 40.3 Å². The maximum absolute atomic E-state index is 4.41. The summed E-state index contributed by atoms with van der Waals surface area (Å²) < 4.78 is 0. The number of hydrogen-bond acceptors (Lipinski definition) is 3. The van der Waals surface area contributed by atoms with Crippen LogP contribution in [0.5, 0.6) is 0 Å². The van der Waals surface area contributed by atoms with E-state index in [9.17, 15) is 0 Å². The number of likely N-dealkylation sites (tertiary alicyclic amines) is 1. The quantitative estimate of drug-likeness (QED) is 0.442. The molecule has 1 aromatic rings. The summed E-state index contributed by atoms with van der Waals surface area (Å²) in [5, 5.41) is 5.65. The van der Waals surface area contributed by atoms with Crippen LogP contribution in [0, 0.1) is 0 Å². The molecule has 0 amide bonds. The molecule has 0 radical (unpaired) electrons. The Balaban J connectivity index is 1.59. The minimum absolute atomic E-state index is 0.780. The highest BCUT2D eigenvalue weighted by atomic mass is 32.1. The molecular weight excluding hydrogens is 316 g/mol. The molecule has 2 rings (SSSR count). The van der Waals surface area contributed by atoms with Crippen LogP contribution < -0.4 is 5.32 Å². The Morgan fingerprint density at radius 2 is 2.29 bits per heavy atom. The molecule has 24 heavy (non-hydrogen) atoms. The summed E-state index contributed by atoms with van der Waals surface area (Å²) in [5.41, 5.74) is 0. The fourth-order valence-corrected chi connectivity index (χ4v) is 4.05. The van der Waals surface area contributed by atoms with Crippen molar-refractivity contribution in [1.29, 1.82) is 0 Å². The van der Waals surface area contributed by atoms with Crippen molar-refractivity contribution in [3.8, 4) is 0 Å². The molecule has 1 fully saturated rings. The number of nitrogens with zero attached hydrogens (tertiary/aromatic N) is 3. The van der Waals surface area contributed by atoms with E-state index < -0.39 is 0 Å². The highest BCUT2D eigenvalue weighted by Gasteiger charge is 2.17. The smallest absolute Gasteiger partial charge is 0.193 e. The number of hydrogen-bond donors (Lipinski definition) is 1. The van der Waals surface area contributed by atoms with E-state index in [1.165, 1.54) is 50.1 Å². The summed E-state index contributed by atoms with van der Waals surface area (Å²) in [6.45, 7) is 6.93. The van der Waals surface area contributed by atoms with Gasteiger partial charge in [-0.1, -0.05) is 12.5 Å². The van der Waals surface area contributed by atoms with Gasteiger partial charge < -0.3 is 15.1 Å². The third-order valence-corrected chi connectivity index (χ3v) is 5.88. The standard InChI is InChI=1S/C19H34N4S/c1-17-9-4-6-13-23(17)14-7-5-12-21-19(20-2)22(3)15-11-18-10-8-16-24-18/h8,10,16-17H,4-7,9,11-15H2,1-3H3,(H,20,21). The van der Waals surface area contributed by atoms with Crippen LogP contribution >= 0.6 is 11.3 Å². The molecule has 1 atom stereocenters. The molecule has 5 heteroatoms. The van der Waals surface area contributed by atoms with Crippen LogP contribution in [0.25, 0.3) is 0 Å². The van der Waals surface area contributed by atoms with Crippen LogP contribution in [0.2, 0.25) is 0 Å². The molecule has 0 aromatic carbocycles. The van der Waals surface area contributed by atoms with E-state index >= 15 is 0 Å². The van der Waals surface area contributed by atoms with Crippen molar-refractivity contribution in [3.63, 3.8) is 0 Å². The molecule has 0 bridgehead atoms. The zero-order chi connectivity index (χ0) is 17.2. The van der Waals surface area contributed by atoms with Crippen LogP contribution in [0.1, 0.15) is 43.9 Å². The largest absolute Gasteiger partial charge is 0.356 e. The lowest BCUT2D eigenvalue weighted by atomic mass is 10.0. The van der Waals surface area contributed by atoms with Gasteiger partial charge in [-0.25, -0.2) is 0 Å². The maximum atomic E-state index is 4.41. The number of nitrogens with one attached hydrogen (secondary N) is 1. The first-order valence-corrected chi connectivity index (χ1v) is 10.3. The fraction of sp³-hybridized carbons (Fsp3) is 0.737.